The Morgan fingerprint density at radius 3 is 2.73 bits per heavy atom. The molecular formula is C12H15BrClN. The standard InChI is InChI=1S/C12H15BrClN/c13-11-7-9(5-6-12(11)14)8-15-10-3-1-2-4-10/h5-7,10,15H,1-4,8H2. The molecule has 82 valence electrons. The first-order valence-corrected chi connectivity index (χ1v) is 6.60. The first-order valence-electron chi connectivity index (χ1n) is 5.43. The van der Waals surface area contributed by atoms with Gasteiger partial charge in [0.1, 0.15) is 0 Å². The summed E-state index contributed by atoms with van der Waals surface area (Å²) in [5, 5.41) is 4.36. The fraction of sp³-hybridized carbons (Fsp3) is 0.500. The number of benzene rings is 1. The van der Waals surface area contributed by atoms with Crippen molar-refractivity contribution in [3.8, 4) is 0 Å². The minimum atomic E-state index is 0.722. The Hall–Kier alpha value is -0.0500. The van der Waals surface area contributed by atoms with Crippen molar-refractivity contribution in [2.24, 2.45) is 0 Å². The topological polar surface area (TPSA) is 12.0 Å². The second-order valence-corrected chi connectivity index (χ2v) is 5.37. The Balaban J connectivity index is 1.90. The van der Waals surface area contributed by atoms with E-state index in [2.05, 4.69) is 33.4 Å². The van der Waals surface area contributed by atoms with E-state index in [-0.39, 0.29) is 0 Å². The molecule has 0 aliphatic heterocycles. The lowest BCUT2D eigenvalue weighted by Gasteiger charge is -2.12. The molecule has 0 radical (unpaired) electrons. The fourth-order valence-corrected chi connectivity index (χ4v) is 2.59. The van der Waals surface area contributed by atoms with Crippen LogP contribution >= 0.6 is 27.5 Å². The molecule has 1 fully saturated rings. The van der Waals surface area contributed by atoms with Gasteiger partial charge in [0, 0.05) is 17.1 Å². The van der Waals surface area contributed by atoms with Gasteiger partial charge >= 0.3 is 0 Å². The van der Waals surface area contributed by atoms with Crippen molar-refractivity contribution in [2.45, 2.75) is 38.3 Å². The molecule has 15 heavy (non-hydrogen) atoms. The van der Waals surface area contributed by atoms with Crippen molar-refractivity contribution < 1.29 is 0 Å². The highest BCUT2D eigenvalue weighted by atomic mass is 79.9. The molecular weight excluding hydrogens is 273 g/mol. The zero-order chi connectivity index (χ0) is 10.7. The van der Waals surface area contributed by atoms with Gasteiger partial charge < -0.3 is 5.32 Å². The molecule has 1 aromatic carbocycles. The molecule has 1 nitrogen and oxygen atoms in total. The van der Waals surface area contributed by atoms with Crippen LogP contribution in [-0.4, -0.2) is 6.04 Å². The van der Waals surface area contributed by atoms with Gasteiger partial charge in [0.05, 0.1) is 5.02 Å². The van der Waals surface area contributed by atoms with E-state index in [0.717, 1.165) is 22.1 Å². The second-order valence-electron chi connectivity index (χ2n) is 4.11. The lowest BCUT2D eigenvalue weighted by molar-refractivity contribution is 0.524. The summed E-state index contributed by atoms with van der Waals surface area (Å²) >= 11 is 9.38. The zero-order valence-electron chi connectivity index (χ0n) is 8.60. The lowest BCUT2D eigenvalue weighted by atomic mass is 10.2. The van der Waals surface area contributed by atoms with Gasteiger partial charge in [-0.3, -0.25) is 0 Å². The molecule has 1 saturated carbocycles. The average molecular weight is 289 g/mol. The largest absolute Gasteiger partial charge is 0.310 e. The third kappa shape index (κ3) is 3.20. The van der Waals surface area contributed by atoms with Crippen LogP contribution < -0.4 is 5.32 Å². The van der Waals surface area contributed by atoms with Crippen LogP contribution in [0.15, 0.2) is 22.7 Å². The van der Waals surface area contributed by atoms with Crippen molar-refractivity contribution in [3.63, 3.8) is 0 Å². The van der Waals surface area contributed by atoms with Crippen LogP contribution in [0.5, 0.6) is 0 Å². The van der Waals surface area contributed by atoms with Gasteiger partial charge in [-0.05, 0) is 46.5 Å². The highest BCUT2D eigenvalue weighted by Crippen LogP contribution is 2.23. The van der Waals surface area contributed by atoms with E-state index in [9.17, 15) is 0 Å². The summed E-state index contributed by atoms with van der Waals surface area (Å²) in [6, 6.07) is 6.83. The Labute approximate surface area is 104 Å². The minimum absolute atomic E-state index is 0.722. The number of halogens is 2. The van der Waals surface area contributed by atoms with Crippen LogP contribution in [0.1, 0.15) is 31.2 Å². The van der Waals surface area contributed by atoms with E-state index in [0.29, 0.717) is 0 Å². The first-order chi connectivity index (χ1) is 7.25. The average Bonchev–Trinajstić information content (AvgIpc) is 2.73. The molecule has 0 amide bonds. The molecule has 1 aliphatic rings. The predicted octanol–water partition coefficient (Wildman–Crippen LogP) is 4.13. The van der Waals surface area contributed by atoms with Crippen molar-refractivity contribution in [1.29, 1.82) is 0 Å². The highest BCUT2D eigenvalue weighted by Gasteiger charge is 2.13. The molecule has 0 saturated heterocycles. The van der Waals surface area contributed by atoms with E-state index in [1.54, 1.807) is 0 Å². The van der Waals surface area contributed by atoms with Crippen molar-refractivity contribution in [3.05, 3.63) is 33.3 Å². The zero-order valence-corrected chi connectivity index (χ0v) is 10.9. The van der Waals surface area contributed by atoms with Crippen LogP contribution in [0.3, 0.4) is 0 Å². The molecule has 0 unspecified atom stereocenters. The normalized spacial score (nSPS) is 17.2. The Morgan fingerprint density at radius 1 is 1.33 bits per heavy atom. The van der Waals surface area contributed by atoms with Crippen molar-refractivity contribution in [1.82, 2.24) is 5.32 Å². The third-order valence-corrected chi connectivity index (χ3v) is 4.15. The van der Waals surface area contributed by atoms with E-state index in [1.807, 2.05) is 6.07 Å². The smallest absolute Gasteiger partial charge is 0.0548 e. The fourth-order valence-electron chi connectivity index (χ4n) is 2.04. The maximum atomic E-state index is 5.94. The van der Waals surface area contributed by atoms with E-state index < -0.39 is 0 Å². The minimum Gasteiger partial charge on any atom is -0.310 e. The van der Waals surface area contributed by atoms with Crippen molar-refractivity contribution >= 4 is 27.5 Å². The quantitative estimate of drug-likeness (QED) is 0.881. The molecule has 1 aromatic rings. The number of hydrogen-bond donors (Lipinski definition) is 1. The van der Waals surface area contributed by atoms with Crippen LogP contribution in [-0.2, 0) is 6.54 Å². The summed E-state index contributed by atoms with van der Waals surface area (Å²) in [4.78, 5) is 0. The molecule has 0 spiro atoms. The maximum Gasteiger partial charge on any atom is 0.0548 e. The van der Waals surface area contributed by atoms with Gasteiger partial charge in [0.25, 0.3) is 0 Å². The van der Waals surface area contributed by atoms with Crippen molar-refractivity contribution in [2.75, 3.05) is 0 Å². The first kappa shape index (κ1) is 11.4. The monoisotopic (exact) mass is 287 g/mol. The summed E-state index contributed by atoms with van der Waals surface area (Å²) in [5.74, 6) is 0. The Bertz CT molecular complexity index is 334. The maximum absolute atomic E-state index is 5.94. The van der Waals surface area contributed by atoms with Gasteiger partial charge in [-0.1, -0.05) is 30.5 Å². The molecule has 1 N–H and O–H groups in total. The third-order valence-electron chi connectivity index (χ3n) is 2.93. The molecule has 2 rings (SSSR count). The molecule has 3 heteroatoms. The van der Waals surface area contributed by atoms with E-state index in [1.165, 1.54) is 31.2 Å². The number of nitrogens with one attached hydrogen (secondary N) is 1. The van der Waals surface area contributed by atoms with Crippen LogP contribution in [0, 0.1) is 0 Å². The Kier molecular flexibility index (Phi) is 4.06. The number of hydrogen-bond acceptors (Lipinski definition) is 1. The molecule has 0 atom stereocenters. The van der Waals surface area contributed by atoms with Crippen LogP contribution in [0.25, 0.3) is 0 Å². The summed E-state index contributed by atoms with van der Waals surface area (Å²) < 4.78 is 0.981. The van der Waals surface area contributed by atoms with Crippen LogP contribution in [0.2, 0.25) is 5.02 Å². The summed E-state index contributed by atoms with van der Waals surface area (Å²) in [5.41, 5.74) is 1.29. The number of rotatable bonds is 3. The lowest BCUT2D eigenvalue weighted by Crippen LogP contribution is -2.25. The van der Waals surface area contributed by atoms with Gasteiger partial charge in [0.2, 0.25) is 0 Å². The summed E-state index contributed by atoms with van der Waals surface area (Å²) in [7, 11) is 0. The summed E-state index contributed by atoms with van der Waals surface area (Å²) in [6.07, 6.45) is 5.41. The van der Waals surface area contributed by atoms with Crippen LogP contribution in [0.4, 0.5) is 0 Å². The van der Waals surface area contributed by atoms with E-state index >= 15 is 0 Å². The van der Waals surface area contributed by atoms with Gasteiger partial charge in [0.15, 0.2) is 0 Å². The van der Waals surface area contributed by atoms with Gasteiger partial charge in [-0.25, -0.2) is 0 Å². The summed E-state index contributed by atoms with van der Waals surface area (Å²) in [6.45, 7) is 0.945. The van der Waals surface area contributed by atoms with E-state index in [4.69, 9.17) is 11.6 Å². The van der Waals surface area contributed by atoms with Gasteiger partial charge in [-0.2, -0.15) is 0 Å². The highest BCUT2D eigenvalue weighted by molar-refractivity contribution is 9.10. The Morgan fingerprint density at radius 2 is 2.07 bits per heavy atom. The molecule has 0 aromatic heterocycles. The SMILES string of the molecule is Clc1ccc(CNC2CCCC2)cc1Br. The molecule has 1 aliphatic carbocycles. The predicted molar refractivity (Wildman–Crippen MR) is 68.2 cm³/mol. The molecule has 0 heterocycles. The second kappa shape index (κ2) is 5.33. The van der Waals surface area contributed by atoms with Gasteiger partial charge in [-0.15, -0.1) is 0 Å². The molecule has 0 bridgehead atoms.